The lowest BCUT2D eigenvalue weighted by Gasteiger charge is -2.45. The molecule has 12 nitrogen and oxygen atoms in total. The fraction of sp³-hybridized carbons (Fsp3) is 0.929. The minimum Gasteiger partial charge on any atom is -0.469 e. The number of carbonyl (C=O) groups is 4. The molecule has 1 heterocycles. The van der Waals surface area contributed by atoms with E-state index in [1.807, 2.05) is 0 Å². The van der Waals surface area contributed by atoms with Gasteiger partial charge in [-0.15, -0.1) is 0 Å². The third kappa shape index (κ3) is 37.5. The van der Waals surface area contributed by atoms with Gasteiger partial charge in [0.05, 0.1) is 52.6 Å². The molecule has 1 aliphatic heterocycles. The molecule has 1 rings (SSSR count). The highest BCUT2D eigenvalue weighted by molar-refractivity contribution is 5.70. The average molecular weight is 965 g/mol. The van der Waals surface area contributed by atoms with E-state index in [-0.39, 0.29) is 30.3 Å². The summed E-state index contributed by atoms with van der Waals surface area (Å²) in [6.45, 7) is 19.9. The molecule has 0 aromatic heterocycles. The average Bonchev–Trinajstić information content (AvgIpc) is 3.33. The van der Waals surface area contributed by atoms with Gasteiger partial charge in [-0.25, -0.2) is 0 Å². The minimum absolute atomic E-state index is 0.162. The quantitative estimate of drug-likeness (QED) is 0.0328. The molecule has 68 heavy (non-hydrogen) atoms. The summed E-state index contributed by atoms with van der Waals surface area (Å²) < 4.78 is 21.8. The van der Waals surface area contributed by atoms with Gasteiger partial charge in [0, 0.05) is 77.5 Å². The Kier molecular flexibility index (Phi) is 43.0. The summed E-state index contributed by atoms with van der Waals surface area (Å²) in [5.41, 5.74) is 0. The molecule has 1 saturated heterocycles. The second kappa shape index (κ2) is 45.8. The van der Waals surface area contributed by atoms with E-state index >= 15 is 0 Å². The topological polar surface area (TPSA) is 118 Å². The van der Waals surface area contributed by atoms with Crippen LogP contribution in [0.5, 0.6) is 0 Å². The second-order valence-corrected chi connectivity index (χ2v) is 20.1. The first-order chi connectivity index (χ1) is 33.1. The number of carbonyl (C=O) groups excluding carboxylic acids is 4. The van der Waals surface area contributed by atoms with Gasteiger partial charge in [-0.3, -0.25) is 29.0 Å². The Morgan fingerprint density at radius 2 is 0.632 bits per heavy atom. The van der Waals surface area contributed by atoms with E-state index in [9.17, 15) is 19.2 Å². The number of esters is 4. The molecule has 0 N–H and O–H groups in total. The van der Waals surface area contributed by atoms with Crippen LogP contribution in [-0.2, 0) is 38.1 Å². The molecule has 1 fully saturated rings. The Bertz CT molecular complexity index is 1170. The Labute approximate surface area is 418 Å². The van der Waals surface area contributed by atoms with Gasteiger partial charge in [-0.05, 0) is 33.1 Å². The number of piperazine rings is 1. The van der Waals surface area contributed by atoms with Crippen molar-refractivity contribution in [2.75, 3.05) is 92.4 Å². The first-order valence-corrected chi connectivity index (χ1v) is 28.6. The van der Waals surface area contributed by atoms with Gasteiger partial charge in [0.15, 0.2) is 0 Å². The van der Waals surface area contributed by atoms with Crippen LogP contribution in [0, 0.1) is 0 Å². The number of rotatable bonds is 48. The van der Waals surface area contributed by atoms with Crippen molar-refractivity contribution >= 4 is 23.9 Å². The Morgan fingerprint density at radius 3 is 0.897 bits per heavy atom. The molecular formula is C56H108N4O8. The predicted molar refractivity (Wildman–Crippen MR) is 280 cm³/mol. The van der Waals surface area contributed by atoms with Crippen LogP contribution in [0.25, 0.3) is 0 Å². The number of unbranched alkanes of at least 4 members (excludes halogenated alkanes) is 24. The van der Waals surface area contributed by atoms with Gasteiger partial charge in [-0.2, -0.15) is 0 Å². The largest absolute Gasteiger partial charge is 0.469 e. The van der Waals surface area contributed by atoms with Crippen molar-refractivity contribution in [1.82, 2.24) is 19.6 Å². The van der Waals surface area contributed by atoms with Crippen molar-refractivity contribution in [2.45, 2.75) is 246 Å². The van der Waals surface area contributed by atoms with Gasteiger partial charge in [0.1, 0.15) is 0 Å². The van der Waals surface area contributed by atoms with Crippen LogP contribution >= 0.6 is 0 Å². The Balaban J connectivity index is 2.62. The van der Waals surface area contributed by atoms with Crippen molar-refractivity contribution in [3.8, 4) is 0 Å². The van der Waals surface area contributed by atoms with Gasteiger partial charge < -0.3 is 28.7 Å². The molecule has 0 amide bonds. The van der Waals surface area contributed by atoms with Crippen molar-refractivity contribution < 1.29 is 38.1 Å². The summed E-state index contributed by atoms with van der Waals surface area (Å²) >= 11 is 0. The molecule has 1 aliphatic rings. The van der Waals surface area contributed by atoms with Crippen LogP contribution in [-0.4, -0.2) is 148 Å². The molecule has 0 radical (unpaired) electrons. The monoisotopic (exact) mass is 965 g/mol. The van der Waals surface area contributed by atoms with Gasteiger partial charge >= 0.3 is 23.9 Å². The van der Waals surface area contributed by atoms with E-state index in [1.165, 1.54) is 142 Å². The molecular weight excluding hydrogens is 857 g/mol. The van der Waals surface area contributed by atoms with E-state index in [0.717, 1.165) is 77.8 Å². The maximum absolute atomic E-state index is 12.9. The summed E-state index contributed by atoms with van der Waals surface area (Å²) in [5.74, 6) is -0.742. The molecule has 0 aromatic carbocycles. The molecule has 0 spiro atoms. The van der Waals surface area contributed by atoms with Crippen LogP contribution in [0.4, 0.5) is 0 Å². The Morgan fingerprint density at radius 1 is 0.382 bits per heavy atom. The second-order valence-electron chi connectivity index (χ2n) is 20.1. The number of ether oxygens (including phenoxy) is 4. The van der Waals surface area contributed by atoms with Gasteiger partial charge in [0.2, 0.25) is 0 Å². The normalized spacial score (nSPS) is 15.6. The van der Waals surface area contributed by atoms with Crippen molar-refractivity contribution in [1.29, 1.82) is 0 Å². The van der Waals surface area contributed by atoms with Gasteiger partial charge in [-0.1, -0.05) is 175 Å². The molecule has 0 aliphatic carbocycles. The van der Waals surface area contributed by atoms with Crippen LogP contribution in [0.1, 0.15) is 234 Å². The lowest BCUT2D eigenvalue weighted by Crippen LogP contribution is -2.58. The van der Waals surface area contributed by atoms with E-state index in [0.29, 0.717) is 77.3 Å². The lowest BCUT2D eigenvalue weighted by molar-refractivity contribution is -0.145. The molecule has 0 aromatic rings. The fourth-order valence-corrected chi connectivity index (χ4v) is 9.22. The minimum atomic E-state index is -0.246. The molecule has 400 valence electrons. The predicted octanol–water partition coefficient (Wildman–Crippen LogP) is 11.9. The van der Waals surface area contributed by atoms with Crippen LogP contribution in [0.2, 0.25) is 0 Å². The highest BCUT2D eigenvalue weighted by atomic mass is 16.5. The summed E-state index contributed by atoms with van der Waals surface area (Å²) in [7, 11) is 1.42. The maximum atomic E-state index is 12.9. The van der Waals surface area contributed by atoms with E-state index in [1.54, 1.807) is 0 Å². The number of hydrogen-bond acceptors (Lipinski definition) is 12. The van der Waals surface area contributed by atoms with Crippen LogP contribution in [0.3, 0.4) is 0 Å². The van der Waals surface area contributed by atoms with Crippen molar-refractivity contribution in [3.63, 3.8) is 0 Å². The standard InChI is InChI=1S/C56H108N4O8/c1-7-10-13-16-19-22-25-28-31-46-66-54(62)35-39-57(38-34-53(61)65-6)42-44-59-49-52(5)60(50-51(59)4)45-43-58(40-36-55(63)67-47-32-29-26-23-20-17-14-11-8-2)41-37-56(64)68-48-33-30-27-24-21-18-15-12-9-3/h51-52H,7-50H2,1-6H3/t51-,52+/m0/s1. The van der Waals surface area contributed by atoms with Crippen molar-refractivity contribution in [2.24, 2.45) is 0 Å². The SMILES string of the molecule is CCCCCCCCCCCOC(=O)CCN(CCC(=O)OCCCCCCCCCCC)CCN1C[C@H](C)N(CCN(CCC(=O)OC)CCC(=O)OCCCCCCCCCCC)C[C@H]1C. The molecule has 0 unspecified atom stereocenters. The van der Waals surface area contributed by atoms with E-state index < -0.39 is 0 Å². The van der Waals surface area contributed by atoms with E-state index in [4.69, 9.17) is 18.9 Å². The van der Waals surface area contributed by atoms with Gasteiger partial charge in [0.25, 0.3) is 0 Å². The summed E-state index contributed by atoms with van der Waals surface area (Å²) in [6.07, 6.45) is 34.3. The fourth-order valence-electron chi connectivity index (χ4n) is 9.22. The lowest BCUT2D eigenvalue weighted by atomic mass is 10.1. The maximum Gasteiger partial charge on any atom is 0.307 e. The first-order valence-electron chi connectivity index (χ1n) is 28.6. The Hall–Kier alpha value is -2.28. The molecule has 2 atom stereocenters. The number of hydrogen-bond donors (Lipinski definition) is 0. The number of nitrogens with zero attached hydrogens (tertiary/aromatic N) is 4. The zero-order chi connectivity index (χ0) is 49.7. The molecule has 0 saturated carbocycles. The highest BCUT2D eigenvalue weighted by Crippen LogP contribution is 2.17. The summed E-state index contributed by atoms with van der Waals surface area (Å²) in [5, 5.41) is 0. The molecule has 12 heteroatoms. The zero-order valence-corrected chi connectivity index (χ0v) is 45.3. The smallest absolute Gasteiger partial charge is 0.307 e. The highest BCUT2D eigenvalue weighted by Gasteiger charge is 2.29. The first kappa shape index (κ1) is 63.7. The van der Waals surface area contributed by atoms with Crippen LogP contribution in [0.15, 0.2) is 0 Å². The number of methoxy groups -OCH3 is 1. The van der Waals surface area contributed by atoms with Crippen LogP contribution < -0.4 is 0 Å². The molecule has 0 bridgehead atoms. The summed E-state index contributed by atoms with van der Waals surface area (Å²) in [4.78, 5) is 60.0. The van der Waals surface area contributed by atoms with E-state index in [2.05, 4.69) is 54.2 Å². The van der Waals surface area contributed by atoms with Crippen molar-refractivity contribution in [3.05, 3.63) is 0 Å². The summed E-state index contributed by atoms with van der Waals surface area (Å²) in [6, 6.07) is 0.630. The zero-order valence-electron chi connectivity index (χ0n) is 45.3. The third-order valence-corrected chi connectivity index (χ3v) is 13.9. The third-order valence-electron chi connectivity index (χ3n) is 13.9.